The summed E-state index contributed by atoms with van der Waals surface area (Å²) in [6.45, 7) is 13.0. The molecule has 1 saturated carbocycles. The fourth-order valence-corrected chi connectivity index (χ4v) is 6.73. The highest BCUT2D eigenvalue weighted by Crippen LogP contribution is 2.44. The highest BCUT2D eigenvalue weighted by molar-refractivity contribution is 5.90. The van der Waals surface area contributed by atoms with E-state index < -0.39 is 0 Å². The zero-order chi connectivity index (χ0) is 37.1. The summed E-state index contributed by atoms with van der Waals surface area (Å²) in [6, 6.07) is 20.5. The van der Waals surface area contributed by atoms with Crippen LogP contribution in [0, 0.1) is 10.8 Å². The number of carbonyl (C=O) groups excluding carboxylic acids is 1. The van der Waals surface area contributed by atoms with Gasteiger partial charge < -0.3 is 15.8 Å². The molecule has 2 aromatic heterocycles. The zero-order valence-corrected chi connectivity index (χ0v) is 30.5. The Kier molecular flexibility index (Phi) is 12.7. The number of nitrogens with two attached hydrogens (primary N) is 1. The highest BCUT2D eigenvalue weighted by Gasteiger charge is 2.39. The molecule has 0 radical (unpaired) electrons. The molecule has 52 heavy (non-hydrogen) atoms. The van der Waals surface area contributed by atoms with Crippen molar-refractivity contribution in [1.29, 1.82) is 0 Å². The van der Waals surface area contributed by atoms with Crippen LogP contribution >= 0.6 is 0 Å². The molecular formula is C43H48N6O3. The quantitative estimate of drug-likeness (QED) is 0.125. The van der Waals surface area contributed by atoms with Gasteiger partial charge in [-0.05, 0) is 85.9 Å². The number of hydrogen-bond donors (Lipinski definition) is 2. The van der Waals surface area contributed by atoms with Crippen molar-refractivity contribution in [2.24, 2.45) is 16.8 Å². The average molecular weight is 697 g/mol. The third kappa shape index (κ3) is 7.80. The molecule has 0 spiro atoms. The molecule has 0 bridgehead atoms. The molecule has 2 aliphatic carbocycles. The van der Waals surface area contributed by atoms with Crippen LogP contribution in [0.2, 0.25) is 0 Å². The summed E-state index contributed by atoms with van der Waals surface area (Å²) in [7, 11) is 0. The van der Waals surface area contributed by atoms with Gasteiger partial charge >= 0.3 is 0 Å². The zero-order valence-electron chi connectivity index (χ0n) is 30.5. The van der Waals surface area contributed by atoms with E-state index in [1.165, 1.54) is 6.42 Å². The predicted octanol–water partition coefficient (Wildman–Crippen LogP) is 9.81. The lowest BCUT2D eigenvalue weighted by molar-refractivity contribution is -0.128. The first-order valence-corrected chi connectivity index (χ1v) is 18.0. The Labute approximate surface area is 306 Å². The number of aromatic nitrogens is 3. The van der Waals surface area contributed by atoms with Crippen LogP contribution in [0.4, 0.5) is 5.82 Å². The number of rotatable bonds is 10. The number of benzene rings is 2. The van der Waals surface area contributed by atoms with Gasteiger partial charge in [-0.1, -0.05) is 105 Å². The molecule has 3 aliphatic rings. The van der Waals surface area contributed by atoms with E-state index in [4.69, 9.17) is 15.7 Å². The summed E-state index contributed by atoms with van der Waals surface area (Å²) in [5.74, 6) is 1.90. The third-order valence-corrected chi connectivity index (χ3v) is 9.55. The molecule has 1 fully saturated rings. The van der Waals surface area contributed by atoms with E-state index in [0.717, 1.165) is 87.1 Å². The van der Waals surface area contributed by atoms with Gasteiger partial charge in [0.1, 0.15) is 12.4 Å². The first kappa shape index (κ1) is 37.6. The van der Waals surface area contributed by atoms with E-state index in [2.05, 4.69) is 81.0 Å². The second-order valence-electron chi connectivity index (χ2n) is 12.6. The number of nitrogens with zero attached hydrogens (tertiary/aromatic N) is 4. The number of ether oxygens (including phenoxy) is 1. The van der Waals surface area contributed by atoms with Crippen LogP contribution in [0.1, 0.15) is 70.5 Å². The predicted molar refractivity (Wildman–Crippen MR) is 212 cm³/mol. The molecule has 268 valence electrons. The Hall–Kier alpha value is -5.67. The average Bonchev–Trinajstić information content (AvgIpc) is 3.52. The number of fused-ring (bicyclic) bond motifs is 3. The molecule has 3 N–H and O–H groups in total. The highest BCUT2D eigenvalue weighted by atomic mass is 16.5. The minimum Gasteiger partial charge on any atom is -0.468 e. The molecule has 9 nitrogen and oxygen atoms in total. The van der Waals surface area contributed by atoms with Gasteiger partial charge in [0, 0.05) is 22.9 Å². The van der Waals surface area contributed by atoms with Crippen LogP contribution in [-0.4, -0.2) is 33.2 Å². The normalized spacial score (nSPS) is 16.6. The number of carbonyl (C=O) groups is 1. The minimum absolute atomic E-state index is 0.103. The lowest BCUT2D eigenvalue weighted by Gasteiger charge is -2.44. The van der Waals surface area contributed by atoms with Crippen LogP contribution in [0.5, 0.6) is 0 Å². The van der Waals surface area contributed by atoms with E-state index in [1.807, 2.05) is 63.3 Å². The van der Waals surface area contributed by atoms with Crippen LogP contribution in [0.3, 0.4) is 0 Å². The Bertz CT molecular complexity index is 2000. The van der Waals surface area contributed by atoms with Crippen molar-refractivity contribution >= 4 is 23.4 Å². The van der Waals surface area contributed by atoms with Crippen LogP contribution in [-0.2, 0) is 16.1 Å². The molecule has 1 atom stereocenters. The fourth-order valence-electron chi connectivity index (χ4n) is 6.73. The number of nitroso groups, excluding NO2 is 1. The second kappa shape index (κ2) is 17.5. The standard InChI is InChI=1S/C38H36N6O.C3H6O2.C2H6/c1-3-7-31-32(4-2)42-36-33(8-5-23-40-36)44-35(29-17-19-30(20-18-29)38(39)21-6-22-38)34(43-37(31)44)28-15-13-27(14-16-28)26-11-9-25(10-12-26)24-41-45;1-2-5-3-4;1-2/h3-5,7-19,23,30H,2,6,20-22,24,39H2,1H3,(H,40,42);3H,2H2,1H3;1-2H3/b7-3-;;. The van der Waals surface area contributed by atoms with Crippen molar-refractivity contribution in [3.8, 4) is 28.1 Å². The maximum Gasteiger partial charge on any atom is 0.293 e. The maximum absolute atomic E-state index is 10.7. The van der Waals surface area contributed by atoms with Crippen molar-refractivity contribution in [2.75, 3.05) is 11.9 Å². The van der Waals surface area contributed by atoms with Crippen LogP contribution < -0.4 is 11.1 Å². The van der Waals surface area contributed by atoms with Gasteiger partial charge in [-0.25, -0.2) is 9.97 Å². The number of pyridine rings is 1. The van der Waals surface area contributed by atoms with Gasteiger partial charge in [0.25, 0.3) is 6.47 Å². The van der Waals surface area contributed by atoms with Gasteiger partial charge in [-0.2, -0.15) is 4.91 Å². The number of anilines is 1. The molecule has 1 aliphatic heterocycles. The number of nitrogens with one attached hydrogen (secondary N) is 1. The van der Waals surface area contributed by atoms with Gasteiger partial charge in [-0.3, -0.25) is 9.36 Å². The Morgan fingerprint density at radius 2 is 1.77 bits per heavy atom. The van der Waals surface area contributed by atoms with E-state index >= 15 is 0 Å². The summed E-state index contributed by atoms with van der Waals surface area (Å²) < 4.78 is 6.39. The molecule has 7 rings (SSSR count). The molecule has 3 heterocycles. The van der Waals surface area contributed by atoms with Gasteiger partial charge in [0.05, 0.1) is 29.4 Å². The second-order valence-corrected chi connectivity index (χ2v) is 12.6. The van der Waals surface area contributed by atoms with Crippen LogP contribution in [0.15, 0.2) is 121 Å². The van der Waals surface area contributed by atoms with Crippen molar-refractivity contribution in [3.05, 3.63) is 138 Å². The first-order valence-electron chi connectivity index (χ1n) is 18.0. The summed E-state index contributed by atoms with van der Waals surface area (Å²) in [5, 5.41) is 6.51. The number of allylic oxidation sites excluding steroid dienone is 7. The van der Waals surface area contributed by atoms with Crippen molar-refractivity contribution in [1.82, 2.24) is 14.5 Å². The summed E-state index contributed by atoms with van der Waals surface area (Å²) >= 11 is 0. The fraction of sp³-hybridized carbons (Fsp3) is 0.279. The molecule has 4 aromatic rings. The summed E-state index contributed by atoms with van der Waals surface area (Å²) in [4.78, 5) is 30.0. The number of hydrogen-bond acceptors (Lipinski definition) is 8. The smallest absolute Gasteiger partial charge is 0.293 e. The van der Waals surface area contributed by atoms with Crippen LogP contribution in [0.25, 0.3) is 39.2 Å². The third-order valence-electron chi connectivity index (χ3n) is 9.55. The van der Waals surface area contributed by atoms with Gasteiger partial charge in [-0.15, -0.1) is 0 Å². The summed E-state index contributed by atoms with van der Waals surface area (Å²) in [5.41, 5.74) is 16.5. The molecule has 9 heteroatoms. The number of imidazole rings is 1. The molecule has 0 amide bonds. The van der Waals surface area contributed by atoms with Gasteiger partial charge in [0.15, 0.2) is 5.82 Å². The largest absolute Gasteiger partial charge is 0.468 e. The van der Waals surface area contributed by atoms with Gasteiger partial charge in [0.2, 0.25) is 0 Å². The van der Waals surface area contributed by atoms with E-state index in [9.17, 15) is 9.70 Å². The van der Waals surface area contributed by atoms with Crippen molar-refractivity contribution < 1.29 is 9.53 Å². The Balaban J connectivity index is 0.000000690. The lowest BCUT2D eigenvalue weighted by Crippen LogP contribution is -2.52. The SMILES string of the molecule is C=CC1=C(/C=C\C)c2nc(-c3ccc(-c4ccc(CN=O)cc4)cc3)c(C3=CCC(C4(N)CCC4)C=C3)n2-c2cccnc2N1.CC.CCOC=O. The molecule has 0 saturated heterocycles. The van der Waals surface area contributed by atoms with E-state index in [1.54, 1.807) is 13.1 Å². The first-order chi connectivity index (χ1) is 25.4. The Morgan fingerprint density at radius 3 is 2.31 bits per heavy atom. The molecule has 2 aromatic carbocycles. The molecular weight excluding hydrogens is 649 g/mol. The minimum atomic E-state index is -0.103. The maximum atomic E-state index is 10.7. The monoisotopic (exact) mass is 696 g/mol. The van der Waals surface area contributed by atoms with Crippen molar-refractivity contribution in [2.45, 2.75) is 65.5 Å². The molecule has 1 unspecified atom stereocenters. The Morgan fingerprint density at radius 1 is 1.08 bits per heavy atom. The van der Waals surface area contributed by atoms with Crippen molar-refractivity contribution in [3.63, 3.8) is 0 Å². The van der Waals surface area contributed by atoms with E-state index in [-0.39, 0.29) is 12.1 Å². The lowest BCUT2D eigenvalue weighted by atomic mass is 9.66. The van der Waals surface area contributed by atoms with E-state index in [0.29, 0.717) is 19.0 Å². The summed E-state index contributed by atoms with van der Waals surface area (Å²) in [6.07, 6.45) is 18.9. The topological polar surface area (TPSA) is 124 Å².